The van der Waals surface area contributed by atoms with Gasteiger partial charge in [0.2, 0.25) is 0 Å². The third kappa shape index (κ3) is 2.30. The highest BCUT2D eigenvalue weighted by atomic mass is 15.1. The zero-order chi connectivity index (χ0) is 12.5. The van der Waals surface area contributed by atoms with E-state index in [1.165, 1.54) is 24.2 Å². The van der Waals surface area contributed by atoms with Crippen LogP contribution in [0, 0.1) is 11.8 Å². The lowest BCUT2D eigenvalue weighted by Gasteiger charge is -2.36. The zero-order valence-corrected chi connectivity index (χ0v) is 11.0. The van der Waals surface area contributed by atoms with Crippen LogP contribution in [0.5, 0.6) is 0 Å². The quantitative estimate of drug-likeness (QED) is 0.808. The van der Waals surface area contributed by atoms with Crippen LogP contribution >= 0.6 is 0 Å². The molecule has 18 heavy (non-hydrogen) atoms. The van der Waals surface area contributed by atoms with Gasteiger partial charge in [-0.1, -0.05) is 37.3 Å². The maximum Gasteiger partial charge on any atom is 0.0399 e. The summed E-state index contributed by atoms with van der Waals surface area (Å²) in [5.74, 6) is 1.37. The van der Waals surface area contributed by atoms with Crippen molar-refractivity contribution in [1.29, 1.82) is 0 Å². The third-order valence-corrected chi connectivity index (χ3v) is 4.09. The van der Waals surface area contributed by atoms with Crippen LogP contribution in [0.2, 0.25) is 0 Å². The Morgan fingerprint density at radius 1 is 1.28 bits per heavy atom. The lowest BCUT2D eigenvalue weighted by molar-refractivity contribution is 0.493. The van der Waals surface area contributed by atoms with E-state index in [1.54, 1.807) is 0 Å². The molecule has 3 atom stereocenters. The molecule has 96 valence electrons. The molecule has 1 aromatic carbocycles. The molecule has 2 heteroatoms. The lowest BCUT2D eigenvalue weighted by atomic mass is 9.93. The summed E-state index contributed by atoms with van der Waals surface area (Å²) in [4.78, 5) is 2.55. The second-order valence-corrected chi connectivity index (χ2v) is 5.89. The Kier molecular flexibility index (Phi) is 3.13. The van der Waals surface area contributed by atoms with Crippen LogP contribution in [-0.2, 0) is 6.42 Å². The molecule has 1 heterocycles. The number of hydrogen-bond acceptors (Lipinski definition) is 2. The molecule has 1 aliphatic carbocycles. The van der Waals surface area contributed by atoms with Gasteiger partial charge in [0.05, 0.1) is 0 Å². The summed E-state index contributed by atoms with van der Waals surface area (Å²) in [6.07, 6.45) is 6.77. The SMILES string of the molecule is CC1Cc2ccccc2N(CC2C=CC(N)C2)C1. The van der Waals surface area contributed by atoms with E-state index < -0.39 is 0 Å². The lowest BCUT2D eigenvalue weighted by Crippen LogP contribution is -2.37. The van der Waals surface area contributed by atoms with E-state index in [4.69, 9.17) is 5.73 Å². The van der Waals surface area contributed by atoms with E-state index in [2.05, 4.69) is 48.2 Å². The summed E-state index contributed by atoms with van der Waals surface area (Å²) in [7, 11) is 0. The molecule has 0 bridgehead atoms. The van der Waals surface area contributed by atoms with Crippen molar-refractivity contribution in [2.75, 3.05) is 18.0 Å². The molecule has 0 saturated carbocycles. The van der Waals surface area contributed by atoms with Gasteiger partial charge >= 0.3 is 0 Å². The highest BCUT2D eigenvalue weighted by molar-refractivity contribution is 5.55. The molecule has 0 saturated heterocycles. The van der Waals surface area contributed by atoms with Gasteiger partial charge in [0.1, 0.15) is 0 Å². The fraction of sp³-hybridized carbons (Fsp3) is 0.500. The van der Waals surface area contributed by atoms with Gasteiger partial charge in [-0.05, 0) is 36.3 Å². The summed E-state index contributed by atoms with van der Waals surface area (Å²) in [5.41, 5.74) is 8.88. The molecule has 3 rings (SSSR count). The van der Waals surface area contributed by atoms with Crippen molar-refractivity contribution in [2.45, 2.75) is 25.8 Å². The van der Waals surface area contributed by atoms with Gasteiger partial charge in [-0.25, -0.2) is 0 Å². The van der Waals surface area contributed by atoms with Crippen LogP contribution in [0.3, 0.4) is 0 Å². The first-order valence-electron chi connectivity index (χ1n) is 6.99. The van der Waals surface area contributed by atoms with Crippen molar-refractivity contribution in [2.24, 2.45) is 17.6 Å². The number of fused-ring (bicyclic) bond motifs is 1. The van der Waals surface area contributed by atoms with Crippen molar-refractivity contribution < 1.29 is 0 Å². The average Bonchev–Trinajstić information content (AvgIpc) is 2.74. The van der Waals surface area contributed by atoms with Crippen LogP contribution in [0.1, 0.15) is 18.9 Å². The average molecular weight is 242 g/mol. The number of nitrogens with two attached hydrogens (primary N) is 1. The first kappa shape index (κ1) is 11.8. The van der Waals surface area contributed by atoms with Gasteiger partial charge in [0, 0.05) is 24.8 Å². The summed E-state index contributed by atoms with van der Waals surface area (Å²) in [5, 5.41) is 0. The molecule has 0 aromatic heterocycles. The maximum absolute atomic E-state index is 5.95. The molecule has 2 nitrogen and oxygen atoms in total. The Morgan fingerprint density at radius 2 is 2.11 bits per heavy atom. The summed E-state index contributed by atoms with van der Waals surface area (Å²) in [6.45, 7) is 4.64. The molecule has 0 fully saturated rings. The molecule has 0 spiro atoms. The van der Waals surface area contributed by atoms with Crippen LogP contribution in [-0.4, -0.2) is 19.1 Å². The molecular weight excluding hydrogens is 220 g/mol. The fourth-order valence-corrected chi connectivity index (χ4v) is 3.30. The molecule has 2 aliphatic rings. The minimum atomic E-state index is 0.271. The number of para-hydroxylation sites is 1. The van der Waals surface area contributed by atoms with Gasteiger partial charge in [0.15, 0.2) is 0 Å². The predicted octanol–water partition coefficient (Wildman–Crippen LogP) is 2.59. The Hall–Kier alpha value is -1.28. The molecule has 1 aliphatic heterocycles. The van der Waals surface area contributed by atoms with Gasteiger partial charge in [-0.2, -0.15) is 0 Å². The standard InChI is InChI=1S/C16H22N2/c1-12-8-14-4-2-3-5-16(14)18(10-12)11-13-6-7-15(17)9-13/h2-7,12-13,15H,8-11,17H2,1H3. The van der Waals surface area contributed by atoms with Crippen LogP contribution in [0.4, 0.5) is 5.69 Å². The normalized spacial score (nSPS) is 30.6. The minimum Gasteiger partial charge on any atom is -0.370 e. The van der Waals surface area contributed by atoms with E-state index in [0.29, 0.717) is 5.92 Å². The summed E-state index contributed by atoms with van der Waals surface area (Å²) >= 11 is 0. The molecule has 1 aromatic rings. The van der Waals surface area contributed by atoms with Crippen molar-refractivity contribution in [3.05, 3.63) is 42.0 Å². The van der Waals surface area contributed by atoms with Gasteiger partial charge in [-0.3, -0.25) is 0 Å². The van der Waals surface area contributed by atoms with E-state index in [1.807, 2.05) is 0 Å². The molecule has 0 radical (unpaired) electrons. The van der Waals surface area contributed by atoms with Crippen molar-refractivity contribution in [3.8, 4) is 0 Å². The second kappa shape index (κ2) is 4.77. The molecule has 2 N–H and O–H groups in total. The predicted molar refractivity (Wildman–Crippen MR) is 76.7 cm³/mol. The van der Waals surface area contributed by atoms with Gasteiger partial charge in [-0.15, -0.1) is 0 Å². The topological polar surface area (TPSA) is 29.3 Å². The van der Waals surface area contributed by atoms with E-state index in [9.17, 15) is 0 Å². The third-order valence-electron chi connectivity index (χ3n) is 4.09. The number of rotatable bonds is 2. The van der Waals surface area contributed by atoms with Crippen LogP contribution in [0.25, 0.3) is 0 Å². The van der Waals surface area contributed by atoms with Crippen LogP contribution in [0.15, 0.2) is 36.4 Å². The smallest absolute Gasteiger partial charge is 0.0399 e. The Labute approximate surface area is 109 Å². The Balaban J connectivity index is 1.78. The fourth-order valence-electron chi connectivity index (χ4n) is 3.30. The summed E-state index contributed by atoms with van der Waals surface area (Å²) in [6, 6.07) is 9.11. The van der Waals surface area contributed by atoms with E-state index in [0.717, 1.165) is 18.9 Å². The van der Waals surface area contributed by atoms with E-state index >= 15 is 0 Å². The van der Waals surface area contributed by atoms with E-state index in [-0.39, 0.29) is 6.04 Å². The number of hydrogen-bond donors (Lipinski definition) is 1. The molecule has 3 unspecified atom stereocenters. The van der Waals surface area contributed by atoms with Gasteiger partial charge in [0.25, 0.3) is 0 Å². The van der Waals surface area contributed by atoms with Crippen LogP contribution < -0.4 is 10.6 Å². The largest absolute Gasteiger partial charge is 0.370 e. The van der Waals surface area contributed by atoms with Crippen molar-refractivity contribution in [3.63, 3.8) is 0 Å². The number of benzene rings is 1. The number of nitrogens with zero attached hydrogens (tertiary/aromatic N) is 1. The second-order valence-electron chi connectivity index (χ2n) is 5.89. The highest BCUT2D eigenvalue weighted by Crippen LogP contribution is 2.31. The molecular formula is C16H22N2. The zero-order valence-electron chi connectivity index (χ0n) is 11.0. The first-order valence-corrected chi connectivity index (χ1v) is 6.99. The Morgan fingerprint density at radius 3 is 2.89 bits per heavy atom. The van der Waals surface area contributed by atoms with Crippen molar-refractivity contribution >= 4 is 5.69 Å². The maximum atomic E-state index is 5.95. The van der Waals surface area contributed by atoms with Gasteiger partial charge < -0.3 is 10.6 Å². The first-order chi connectivity index (χ1) is 8.72. The monoisotopic (exact) mass is 242 g/mol. The highest BCUT2D eigenvalue weighted by Gasteiger charge is 2.25. The number of anilines is 1. The molecule has 0 amide bonds. The Bertz CT molecular complexity index is 452. The minimum absolute atomic E-state index is 0.271. The van der Waals surface area contributed by atoms with Crippen molar-refractivity contribution in [1.82, 2.24) is 0 Å². The summed E-state index contributed by atoms with van der Waals surface area (Å²) < 4.78 is 0.